The van der Waals surface area contributed by atoms with E-state index in [9.17, 15) is 9.18 Å². The first-order valence-corrected chi connectivity index (χ1v) is 14.7. The minimum Gasteiger partial charge on any atom is -0.434 e. The van der Waals surface area contributed by atoms with E-state index in [1.54, 1.807) is 4.90 Å². The molecule has 9 nitrogen and oxygen atoms in total. The van der Waals surface area contributed by atoms with Crippen LogP contribution in [-0.2, 0) is 0 Å². The van der Waals surface area contributed by atoms with Crippen LogP contribution in [0.1, 0.15) is 71.7 Å². The van der Waals surface area contributed by atoms with Crippen molar-refractivity contribution >= 4 is 11.7 Å². The van der Waals surface area contributed by atoms with Gasteiger partial charge in [0.2, 0.25) is 0 Å². The van der Waals surface area contributed by atoms with Crippen LogP contribution >= 0.6 is 0 Å². The molecule has 220 valence electrons. The van der Waals surface area contributed by atoms with E-state index in [-0.39, 0.29) is 34.6 Å². The smallest absolute Gasteiger partial charge is 0.282 e. The second-order valence-corrected chi connectivity index (χ2v) is 12.3. The normalized spacial score (nSPS) is 17.6. The van der Waals surface area contributed by atoms with E-state index in [1.165, 1.54) is 24.5 Å². The second kappa shape index (κ2) is 12.8. The number of benzene rings is 1. The fraction of sp³-hybridized carbons (Fsp3) is 0.667. The van der Waals surface area contributed by atoms with Crippen LogP contribution in [0.2, 0.25) is 0 Å². The minimum absolute atomic E-state index is 0.0352. The molecule has 0 radical (unpaired) electrons. The van der Waals surface area contributed by atoms with Crippen molar-refractivity contribution in [1.82, 2.24) is 30.3 Å². The van der Waals surface area contributed by atoms with E-state index in [2.05, 4.69) is 58.0 Å². The third kappa shape index (κ3) is 6.71. The summed E-state index contributed by atoms with van der Waals surface area (Å²) in [5.74, 6) is 0.885. The number of aromatic nitrogens is 3. The number of anilines is 1. The van der Waals surface area contributed by atoms with Crippen molar-refractivity contribution in [3.05, 3.63) is 35.9 Å². The number of hydrogen-bond donors (Lipinski definition) is 1. The van der Waals surface area contributed by atoms with E-state index >= 15 is 0 Å². The molecule has 0 saturated carbocycles. The SMILES string of the molecule is CCN(C(=O)c1cc(F)ccc1Oc1nncnc1N1CCC2(C1)CN([C@H](CCNC(C)C)C(C)C)C2)C(C)C. The molecule has 2 aliphatic rings. The summed E-state index contributed by atoms with van der Waals surface area (Å²) in [7, 11) is 0. The molecule has 1 aromatic carbocycles. The molecule has 1 N–H and O–H groups in total. The van der Waals surface area contributed by atoms with Gasteiger partial charge in [-0.25, -0.2) is 9.37 Å². The van der Waals surface area contributed by atoms with Gasteiger partial charge in [-0.15, -0.1) is 10.2 Å². The zero-order valence-corrected chi connectivity index (χ0v) is 25.2. The molecular weight excluding hydrogens is 509 g/mol. The van der Waals surface area contributed by atoms with E-state index in [0.717, 1.165) is 45.6 Å². The molecule has 0 unspecified atom stereocenters. The monoisotopic (exact) mass is 555 g/mol. The first-order chi connectivity index (χ1) is 19.0. The molecule has 2 fully saturated rings. The Kier molecular flexibility index (Phi) is 9.61. The Labute approximate surface area is 238 Å². The van der Waals surface area contributed by atoms with Crippen molar-refractivity contribution in [3.63, 3.8) is 0 Å². The number of nitrogens with one attached hydrogen (secondary N) is 1. The van der Waals surface area contributed by atoms with E-state index in [1.807, 2.05) is 20.8 Å². The molecule has 0 aliphatic carbocycles. The molecule has 2 aliphatic heterocycles. The predicted octanol–water partition coefficient (Wildman–Crippen LogP) is 4.60. The summed E-state index contributed by atoms with van der Waals surface area (Å²) in [4.78, 5) is 24.3. The van der Waals surface area contributed by atoms with Crippen molar-refractivity contribution in [1.29, 1.82) is 0 Å². The third-order valence-electron chi connectivity index (χ3n) is 8.22. The lowest BCUT2D eigenvalue weighted by molar-refractivity contribution is -0.0333. The molecule has 0 bridgehead atoms. The number of hydrogen-bond acceptors (Lipinski definition) is 8. The third-order valence-corrected chi connectivity index (χ3v) is 8.22. The maximum Gasteiger partial charge on any atom is 0.282 e. The number of likely N-dealkylation sites (tertiary alicyclic amines) is 1. The van der Waals surface area contributed by atoms with Crippen LogP contribution in [0.3, 0.4) is 0 Å². The standard InChI is InChI=1S/C30H46FN7O2/c1-8-38(22(6)7)29(39)24-15-23(31)9-10-26(24)40-28-27(33-19-34-35-28)36-14-12-30(16-36)17-37(18-30)25(20(2)3)11-13-32-21(4)5/h9-10,15,19-22,25,32H,8,11-14,16-18H2,1-7H3/t25-/m1/s1. The lowest BCUT2D eigenvalue weighted by Crippen LogP contribution is -2.62. The summed E-state index contributed by atoms with van der Waals surface area (Å²) in [6.45, 7) is 20.2. The molecule has 10 heteroatoms. The quantitative estimate of drug-likeness (QED) is 0.407. The molecule has 1 aromatic heterocycles. The Morgan fingerprint density at radius 3 is 2.58 bits per heavy atom. The summed E-state index contributed by atoms with van der Waals surface area (Å²) < 4.78 is 20.4. The zero-order chi connectivity index (χ0) is 29.0. The van der Waals surface area contributed by atoms with Crippen molar-refractivity contribution in [2.75, 3.05) is 44.2 Å². The van der Waals surface area contributed by atoms with Crippen molar-refractivity contribution in [2.45, 2.75) is 79.4 Å². The maximum atomic E-state index is 14.2. The number of amides is 1. The Morgan fingerprint density at radius 2 is 1.93 bits per heavy atom. The van der Waals surface area contributed by atoms with Crippen LogP contribution < -0.4 is 15.0 Å². The van der Waals surface area contributed by atoms with Crippen molar-refractivity contribution in [3.8, 4) is 11.6 Å². The highest BCUT2D eigenvalue weighted by molar-refractivity contribution is 5.97. The first kappa shape index (κ1) is 30.1. The average Bonchev–Trinajstić information content (AvgIpc) is 3.33. The number of carbonyl (C=O) groups excluding carboxylic acids is 1. The van der Waals surface area contributed by atoms with Crippen LogP contribution in [0, 0.1) is 17.2 Å². The average molecular weight is 556 g/mol. The van der Waals surface area contributed by atoms with Gasteiger partial charge < -0.3 is 19.9 Å². The van der Waals surface area contributed by atoms with Gasteiger partial charge in [0, 0.05) is 56.3 Å². The highest BCUT2D eigenvalue weighted by Crippen LogP contribution is 2.44. The number of carbonyl (C=O) groups is 1. The van der Waals surface area contributed by atoms with Gasteiger partial charge in [-0.2, -0.15) is 0 Å². The highest BCUT2D eigenvalue weighted by atomic mass is 19.1. The topological polar surface area (TPSA) is 86.7 Å². The van der Waals surface area contributed by atoms with Gasteiger partial charge in [0.1, 0.15) is 17.9 Å². The van der Waals surface area contributed by atoms with E-state index < -0.39 is 5.82 Å². The summed E-state index contributed by atoms with van der Waals surface area (Å²) in [5.41, 5.74) is 0.378. The summed E-state index contributed by atoms with van der Waals surface area (Å²) in [6.07, 6.45) is 3.64. The van der Waals surface area contributed by atoms with Gasteiger partial charge in [0.05, 0.1) is 5.56 Å². The van der Waals surface area contributed by atoms with Crippen LogP contribution in [0.15, 0.2) is 24.5 Å². The van der Waals surface area contributed by atoms with Crippen molar-refractivity contribution in [2.24, 2.45) is 11.3 Å². The van der Waals surface area contributed by atoms with Crippen LogP contribution in [0.5, 0.6) is 11.6 Å². The number of ether oxygens (including phenoxy) is 1. The van der Waals surface area contributed by atoms with Gasteiger partial charge in [-0.3, -0.25) is 9.69 Å². The van der Waals surface area contributed by atoms with Crippen molar-refractivity contribution < 1.29 is 13.9 Å². The fourth-order valence-electron chi connectivity index (χ4n) is 6.18. The highest BCUT2D eigenvalue weighted by Gasteiger charge is 2.50. The molecule has 1 amide bonds. The van der Waals surface area contributed by atoms with Gasteiger partial charge in [0.25, 0.3) is 11.8 Å². The van der Waals surface area contributed by atoms with Crippen LogP contribution in [0.25, 0.3) is 0 Å². The summed E-state index contributed by atoms with van der Waals surface area (Å²) in [5, 5.41) is 11.8. The molecule has 1 atom stereocenters. The molecule has 4 rings (SSSR count). The molecule has 1 spiro atoms. The predicted molar refractivity (Wildman–Crippen MR) is 155 cm³/mol. The minimum atomic E-state index is -0.497. The zero-order valence-electron chi connectivity index (χ0n) is 25.2. The summed E-state index contributed by atoms with van der Waals surface area (Å²) in [6, 6.07) is 5.02. The largest absolute Gasteiger partial charge is 0.434 e. The Balaban J connectivity index is 1.47. The van der Waals surface area contributed by atoms with E-state index in [4.69, 9.17) is 4.74 Å². The van der Waals surface area contributed by atoms with Crippen LogP contribution in [-0.4, -0.2) is 88.3 Å². The second-order valence-electron chi connectivity index (χ2n) is 12.3. The molecular formula is C30H46FN7O2. The number of halogens is 1. The Morgan fingerprint density at radius 1 is 1.18 bits per heavy atom. The number of rotatable bonds is 12. The maximum absolute atomic E-state index is 14.2. The van der Waals surface area contributed by atoms with E-state index in [0.29, 0.717) is 30.4 Å². The van der Waals surface area contributed by atoms with Crippen LogP contribution in [0.4, 0.5) is 10.2 Å². The van der Waals surface area contributed by atoms with Gasteiger partial charge in [-0.1, -0.05) is 27.7 Å². The van der Waals surface area contributed by atoms with Gasteiger partial charge >= 0.3 is 0 Å². The molecule has 3 heterocycles. The fourth-order valence-corrected chi connectivity index (χ4v) is 6.18. The Bertz CT molecular complexity index is 1150. The number of nitrogens with zero attached hydrogens (tertiary/aromatic N) is 6. The molecule has 40 heavy (non-hydrogen) atoms. The first-order valence-electron chi connectivity index (χ1n) is 14.7. The van der Waals surface area contributed by atoms with Gasteiger partial charge in [0.15, 0.2) is 5.82 Å². The summed E-state index contributed by atoms with van der Waals surface area (Å²) >= 11 is 0. The molecule has 2 saturated heterocycles. The van der Waals surface area contributed by atoms with Gasteiger partial charge in [-0.05, 0) is 64.3 Å². The Hall–Kier alpha value is -2.85. The molecule has 2 aromatic rings. The lowest BCUT2D eigenvalue weighted by Gasteiger charge is -2.53. The lowest BCUT2D eigenvalue weighted by atomic mass is 9.76.